The van der Waals surface area contributed by atoms with E-state index in [9.17, 15) is 9.59 Å². The minimum Gasteiger partial charge on any atom is -0.488 e. The maximum absolute atomic E-state index is 12.2. The van der Waals surface area contributed by atoms with Crippen LogP contribution in [-0.4, -0.2) is 49.4 Å². The number of ether oxygens (including phenoxy) is 3. The zero-order valence-electron chi connectivity index (χ0n) is 13.6. The van der Waals surface area contributed by atoms with Gasteiger partial charge in [-0.05, 0) is 18.6 Å². The lowest BCUT2D eigenvalue weighted by Gasteiger charge is -2.21. The second-order valence-electron chi connectivity index (χ2n) is 5.45. The summed E-state index contributed by atoms with van der Waals surface area (Å²) in [6.07, 6.45) is 1.37. The van der Waals surface area contributed by atoms with Crippen molar-refractivity contribution >= 4 is 12.1 Å². The van der Waals surface area contributed by atoms with E-state index in [0.717, 1.165) is 12.8 Å². The van der Waals surface area contributed by atoms with Crippen molar-refractivity contribution in [3.05, 3.63) is 30.3 Å². The molecule has 1 aromatic rings. The highest BCUT2D eigenvalue weighted by atomic mass is 16.6. The molecule has 126 valence electrons. The van der Waals surface area contributed by atoms with Gasteiger partial charge in [0.25, 0.3) is 0 Å². The van der Waals surface area contributed by atoms with Gasteiger partial charge in [0.2, 0.25) is 0 Å². The summed E-state index contributed by atoms with van der Waals surface area (Å²) in [5.74, 6) is 0.263. The summed E-state index contributed by atoms with van der Waals surface area (Å²) >= 11 is 0. The second-order valence-corrected chi connectivity index (χ2v) is 5.45. The average Bonchev–Trinajstić information content (AvgIpc) is 2.99. The predicted molar refractivity (Wildman–Crippen MR) is 84.2 cm³/mol. The van der Waals surface area contributed by atoms with E-state index in [0.29, 0.717) is 25.3 Å². The highest BCUT2D eigenvalue weighted by Crippen LogP contribution is 2.24. The topological polar surface area (TPSA) is 65.1 Å². The van der Waals surface area contributed by atoms with Crippen molar-refractivity contribution in [2.75, 3.05) is 20.3 Å². The molecule has 0 bridgehead atoms. The fourth-order valence-corrected chi connectivity index (χ4v) is 2.52. The SMILES string of the molecule is CCCCOC(=O)N1CC(Oc2ccccc2)CC1C(=O)OC. The summed E-state index contributed by atoms with van der Waals surface area (Å²) in [5, 5.41) is 0. The Balaban J connectivity index is 2.00. The Morgan fingerprint density at radius 1 is 1.26 bits per heavy atom. The van der Waals surface area contributed by atoms with Crippen LogP contribution >= 0.6 is 0 Å². The zero-order chi connectivity index (χ0) is 16.7. The molecule has 0 saturated carbocycles. The maximum atomic E-state index is 12.2. The van der Waals surface area contributed by atoms with Gasteiger partial charge >= 0.3 is 12.1 Å². The Labute approximate surface area is 136 Å². The Hall–Kier alpha value is -2.24. The van der Waals surface area contributed by atoms with Crippen LogP contribution in [-0.2, 0) is 14.3 Å². The normalized spacial score (nSPS) is 20.2. The Kier molecular flexibility index (Phi) is 6.26. The molecule has 0 spiro atoms. The minimum absolute atomic E-state index is 0.264. The molecule has 6 nitrogen and oxygen atoms in total. The molecule has 1 aliphatic rings. The van der Waals surface area contributed by atoms with Crippen molar-refractivity contribution in [2.24, 2.45) is 0 Å². The number of hydrogen-bond donors (Lipinski definition) is 0. The van der Waals surface area contributed by atoms with Crippen molar-refractivity contribution < 1.29 is 23.8 Å². The average molecular weight is 321 g/mol. The van der Waals surface area contributed by atoms with Crippen LogP contribution in [0.25, 0.3) is 0 Å². The van der Waals surface area contributed by atoms with E-state index in [1.165, 1.54) is 12.0 Å². The van der Waals surface area contributed by atoms with Crippen molar-refractivity contribution in [3.63, 3.8) is 0 Å². The number of amides is 1. The van der Waals surface area contributed by atoms with E-state index in [1.807, 2.05) is 37.3 Å². The predicted octanol–water partition coefficient (Wildman–Crippen LogP) is 2.62. The molecule has 1 aromatic carbocycles. The lowest BCUT2D eigenvalue weighted by atomic mass is 10.2. The quantitative estimate of drug-likeness (QED) is 0.595. The van der Waals surface area contributed by atoms with E-state index >= 15 is 0 Å². The summed E-state index contributed by atoms with van der Waals surface area (Å²) in [7, 11) is 1.31. The van der Waals surface area contributed by atoms with Crippen molar-refractivity contribution in [3.8, 4) is 5.75 Å². The number of esters is 1. The molecule has 2 unspecified atom stereocenters. The number of benzene rings is 1. The molecule has 0 aromatic heterocycles. The maximum Gasteiger partial charge on any atom is 0.410 e. The van der Waals surface area contributed by atoms with Crippen LogP contribution in [0.15, 0.2) is 30.3 Å². The van der Waals surface area contributed by atoms with Crippen LogP contribution in [0.1, 0.15) is 26.2 Å². The number of methoxy groups -OCH3 is 1. The number of carbonyl (C=O) groups excluding carboxylic acids is 2. The van der Waals surface area contributed by atoms with Gasteiger partial charge < -0.3 is 14.2 Å². The molecular formula is C17H23NO5. The van der Waals surface area contributed by atoms with Gasteiger partial charge in [0.05, 0.1) is 20.3 Å². The van der Waals surface area contributed by atoms with Gasteiger partial charge in [0.1, 0.15) is 17.9 Å². The van der Waals surface area contributed by atoms with Gasteiger partial charge in [0, 0.05) is 6.42 Å². The number of unbranched alkanes of at least 4 members (excludes halogenated alkanes) is 1. The van der Waals surface area contributed by atoms with Crippen LogP contribution in [0.3, 0.4) is 0 Å². The number of para-hydroxylation sites is 1. The first-order valence-corrected chi connectivity index (χ1v) is 7.88. The first kappa shape index (κ1) is 17.1. The van der Waals surface area contributed by atoms with Gasteiger partial charge in [0.15, 0.2) is 0 Å². The van der Waals surface area contributed by atoms with E-state index in [2.05, 4.69) is 0 Å². The fraction of sp³-hybridized carbons (Fsp3) is 0.529. The molecule has 0 aliphatic carbocycles. The molecule has 6 heteroatoms. The monoisotopic (exact) mass is 321 g/mol. The summed E-state index contributed by atoms with van der Waals surface area (Å²) in [4.78, 5) is 25.5. The van der Waals surface area contributed by atoms with E-state index < -0.39 is 18.1 Å². The van der Waals surface area contributed by atoms with Crippen molar-refractivity contribution in [1.29, 1.82) is 0 Å². The minimum atomic E-state index is -0.664. The summed E-state index contributed by atoms with van der Waals surface area (Å²) in [5.41, 5.74) is 0. The van der Waals surface area contributed by atoms with Gasteiger partial charge in [-0.15, -0.1) is 0 Å². The Bertz CT molecular complexity index is 519. The fourth-order valence-electron chi connectivity index (χ4n) is 2.52. The molecule has 2 atom stereocenters. The zero-order valence-corrected chi connectivity index (χ0v) is 13.6. The molecular weight excluding hydrogens is 298 g/mol. The van der Waals surface area contributed by atoms with Crippen molar-refractivity contribution in [2.45, 2.75) is 38.3 Å². The Morgan fingerprint density at radius 2 is 2.00 bits per heavy atom. The van der Waals surface area contributed by atoms with Crippen molar-refractivity contribution in [1.82, 2.24) is 4.90 Å². The highest BCUT2D eigenvalue weighted by molar-refractivity contribution is 5.82. The van der Waals surface area contributed by atoms with E-state index in [4.69, 9.17) is 14.2 Å². The third-order valence-electron chi connectivity index (χ3n) is 3.74. The highest BCUT2D eigenvalue weighted by Gasteiger charge is 2.42. The van der Waals surface area contributed by atoms with Crippen LogP contribution in [0.2, 0.25) is 0 Å². The number of nitrogens with zero attached hydrogens (tertiary/aromatic N) is 1. The first-order chi connectivity index (χ1) is 11.2. The first-order valence-electron chi connectivity index (χ1n) is 7.88. The van der Waals surface area contributed by atoms with E-state index in [-0.39, 0.29) is 6.10 Å². The molecule has 2 rings (SSSR count). The van der Waals surface area contributed by atoms with Crippen LogP contribution < -0.4 is 4.74 Å². The second kappa shape index (κ2) is 8.41. The third-order valence-corrected chi connectivity index (χ3v) is 3.74. The molecule has 1 heterocycles. The molecule has 0 N–H and O–H groups in total. The number of hydrogen-bond acceptors (Lipinski definition) is 5. The van der Waals surface area contributed by atoms with Crippen LogP contribution in [0, 0.1) is 0 Å². The lowest BCUT2D eigenvalue weighted by molar-refractivity contribution is -0.145. The molecule has 0 radical (unpaired) electrons. The van der Waals surface area contributed by atoms with Gasteiger partial charge in [-0.2, -0.15) is 0 Å². The lowest BCUT2D eigenvalue weighted by Crippen LogP contribution is -2.41. The molecule has 1 aliphatic heterocycles. The Morgan fingerprint density at radius 3 is 2.65 bits per heavy atom. The molecule has 1 fully saturated rings. The summed E-state index contributed by atoms with van der Waals surface area (Å²) in [6, 6.07) is 8.67. The molecule has 23 heavy (non-hydrogen) atoms. The smallest absolute Gasteiger partial charge is 0.410 e. The van der Waals surface area contributed by atoms with Gasteiger partial charge in [-0.3, -0.25) is 4.90 Å². The van der Waals surface area contributed by atoms with Crippen LogP contribution in [0.5, 0.6) is 5.75 Å². The number of rotatable bonds is 6. The van der Waals surface area contributed by atoms with Gasteiger partial charge in [-0.25, -0.2) is 9.59 Å². The summed E-state index contributed by atoms with van der Waals surface area (Å²) < 4.78 is 15.9. The number of carbonyl (C=O) groups is 2. The van der Waals surface area contributed by atoms with Crippen LogP contribution in [0.4, 0.5) is 4.79 Å². The molecule has 1 saturated heterocycles. The molecule has 1 amide bonds. The standard InChI is InChI=1S/C17H23NO5/c1-3-4-10-22-17(20)18-12-14(11-15(18)16(19)21-2)23-13-8-6-5-7-9-13/h5-9,14-15H,3-4,10-12H2,1-2H3. The third kappa shape index (κ3) is 4.61. The largest absolute Gasteiger partial charge is 0.488 e. The van der Waals surface area contributed by atoms with Gasteiger partial charge in [-0.1, -0.05) is 31.5 Å². The summed E-state index contributed by atoms with van der Waals surface area (Å²) in [6.45, 7) is 2.67. The number of likely N-dealkylation sites (tertiary alicyclic amines) is 1. The van der Waals surface area contributed by atoms with E-state index in [1.54, 1.807) is 0 Å².